The Morgan fingerprint density at radius 2 is 1.15 bits per heavy atom. The molecule has 0 saturated carbocycles. The van der Waals surface area contributed by atoms with Crippen molar-refractivity contribution in [1.29, 1.82) is 0 Å². The number of alkyl halides is 2. The molecule has 2 aromatic carbocycles. The number of halogens is 2. The molecule has 0 aliphatic carbocycles. The van der Waals surface area contributed by atoms with Gasteiger partial charge in [-0.25, -0.2) is 0 Å². The predicted octanol–water partition coefficient (Wildman–Crippen LogP) is 5.17. The van der Waals surface area contributed by atoms with Crippen molar-refractivity contribution in [3.63, 3.8) is 0 Å². The van der Waals surface area contributed by atoms with Gasteiger partial charge in [-0.15, -0.1) is 0 Å². The Morgan fingerprint density at radius 1 is 0.700 bits per heavy atom. The number of rotatable bonds is 7. The number of hydrogen-bond acceptors (Lipinski definition) is 2. The van der Waals surface area contributed by atoms with Crippen LogP contribution in [0.1, 0.15) is 11.1 Å². The molecule has 2 aromatic rings. The van der Waals surface area contributed by atoms with Crippen molar-refractivity contribution in [2.75, 3.05) is 9.23 Å². The van der Waals surface area contributed by atoms with Crippen molar-refractivity contribution in [1.82, 2.24) is 0 Å². The van der Waals surface area contributed by atoms with Crippen LogP contribution in [0.5, 0.6) is 0 Å². The van der Waals surface area contributed by atoms with Crippen molar-refractivity contribution >= 4 is 45.2 Å². The van der Waals surface area contributed by atoms with Crippen LogP contribution in [0.25, 0.3) is 11.1 Å². The van der Waals surface area contributed by atoms with Crippen molar-refractivity contribution in [2.45, 2.75) is 13.2 Å². The van der Waals surface area contributed by atoms with E-state index in [1.165, 1.54) is 22.3 Å². The normalized spacial score (nSPS) is 10.7. The number of ether oxygens (including phenoxy) is 2. The number of hydrogen-bond donors (Lipinski definition) is 0. The molecular formula is C16H16I2O2. The molecule has 0 bridgehead atoms. The highest BCUT2D eigenvalue weighted by atomic mass is 127. The Bertz CT molecular complexity index is 494. The molecule has 0 radical (unpaired) electrons. The summed E-state index contributed by atoms with van der Waals surface area (Å²) in [7, 11) is 0. The molecule has 0 atom stereocenters. The molecule has 4 heteroatoms. The van der Waals surface area contributed by atoms with Crippen LogP contribution in [0.4, 0.5) is 0 Å². The lowest BCUT2D eigenvalue weighted by atomic mass is 10.0. The zero-order chi connectivity index (χ0) is 14.2. The van der Waals surface area contributed by atoms with Crippen LogP contribution in [0, 0.1) is 0 Å². The van der Waals surface area contributed by atoms with Crippen molar-refractivity contribution in [3.8, 4) is 11.1 Å². The van der Waals surface area contributed by atoms with Crippen LogP contribution in [0.3, 0.4) is 0 Å². The van der Waals surface area contributed by atoms with Gasteiger partial charge in [0.1, 0.15) is 0 Å². The van der Waals surface area contributed by atoms with Gasteiger partial charge in [0.15, 0.2) is 0 Å². The van der Waals surface area contributed by atoms with Gasteiger partial charge in [-0.05, 0) is 34.4 Å². The summed E-state index contributed by atoms with van der Waals surface area (Å²) in [6.07, 6.45) is 0. The summed E-state index contributed by atoms with van der Waals surface area (Å²) < 4.78 is 12.3. The summed E-state index contributed by atoms with van der Waals surface area (Å²) >= 11 is 4.43. The second kappa shape index (κ2) is 8.96. The van der Waals surface area contributed by atoms with E-state index in [2.05, 4.69) is 93.7 Å². The van der Waals surface area contributed by atoms with Gasteiger partial charge in [-0.3, -0.25) is 0 Å². The Morgan fingerprint density at radius 3 is 1.55 bits per heavy atom. The molecule has 20 heavy (non-hydrogen) atoms. The predicted molar refractivity (Wildman–Crippen MR) is 99.2 cm³/mol. The van der Waals surface area contributed by atoms with E-state index >= 15 is 0 Å². The maximum Gasteiger partial charge on any atom is 0.0983 e. The topological polar surface area (TPSA) is 18.5 Å². The molecule has 0 saturated heterocycles. The van der Waals surface area contributed by atoms with E-state index in [0.717, 1.165) is 0 Å². The number of benzene rings is 2. The summed E-state index contributed by atoms with van der Waals surface area (Å²) in [4.78, 5) is 0. The molecule has 0 aromatic heterocycles. The largest absolute Gasteiger partial charge is 0.366 e. The van der Waals surface area contributed by atoms with Crippen molar-refractivity contribution in [2.24, 2.45) is 0 Å². The van der Waals surface area contributed by atoms with E-state index in [9.17, 15) is 0 Å². The smallest absolute Gasteiger partial charge is 0.0983 e. The fraction of sp³-hybridized carbons (Fsp3) is 0.250. The molecule has 0 aliphatic heterocycles. The minimum atomic E-state index is 0.661. The molecule has 0 heterocycles. The summed E-state index contributed by atoms with van der Waals surface area (Å²) in [5.41, 5.74) is 4.84. The van der Waals surface area contributed by atoms with E-state index < -0.39 is 0 Å². The second-order valence-electron chi connectivity index (χ2n) is 4.32. The van der Waals surface area contributed by atoms with Gasteiger partial charge in [0.05, 0.1) is 22.4 Å². The summed E-state index contributed by atoms with van der Waals surface area (Å²) in [5, 5.41) is 0. The first-order valence-electron chi connectivity index (χ1n) is 6.29. The van der Waals surface area contributed by atoms with Crippen molar-refractivity contribution < 1.29 is 9.47 Å². The van der Waals surface area contributed by atoms with E-state index in [-0.39, 0.29) is 0 Å². The van der Waals surface area contributed by atoms with Gasteiger partial charge < -0.3 is 9.47 Å². The van der Waals surface area contributed by atoms with Crippen LogP contribution in [0.15, 0.2) is 48.5 Å². The van der Waals surface area contributed by atoms with E-state index in [1.807, 2.05) is 0 Å². The third kappa shape index (κ3) is 4.98. The molecule has 0 spiro atoms. The maximum absolute atomic E-state index is 5.45. The van der Waals surface area contributed by atoms with E-state index in [0.29, 0.717) is 22.4 Å². The molecular weight excluding hydrogens is 478 g/mol. The molecule has 2 rings (SSSR count). The van der Waals surface area contributed by atoms with Gasteiger partial charge >= 0.3 is 0 Å². The molecule has 0 aliphatic rings. The zero-order valence-electron chi connectivity index (χ0n) is 11.0. The Balaban J connectivity index is 2.17. The van der Waals surface area contributed by atoms with Gasteiger partial charge in [0.25, 0.3) is 0 Å². The highest BCUT2D eigenvalue weighted by Gasteiger charge is 2.01. The van der Waals surface area contributed by atoms with Crippen LogP contribution >= 0.6 is 45.2 Å². The SMILES string of the molecule is ICOCc1cccc(-c2cccc(COCI)c2)c1. The summed E-state index contributed by atoms with van der Waals surface area (Å²) in [6, 6.07) is 17.0. The molecule has 0 fully saturated rings. The maximum atomic E-state index is 5.45. The fourth-order valence-electron chi connectivity index (χ4n) is 1.99. The Hall–Kier alpha value is -0.180. The molecule has 0 amide bonds. The summed E-state index contributed by atoms with van der Waals surface area (Å²) in [6.45, 7) is 1.32. The first-order chi connectivity index (χ1) is 9.83. The third-order valence-corrected chi connectivity index (χ3v) is 3.76. The zero-order valence-corrected chi connectivity index (χ0v) is 15.3. The monoisotopic (exact) mass is 494 g/mol. The van der Waals surface area contributed by atoms with Gasteiger partial charge in [-0.1, -0.05) is 81.6 Å². The molecule has 0 unspecified atom stereocenters. The average Bonchev–Trinajstić information content (AvgIpc) is 2.51. The van der Waals surface area contributed by atoms with Gasteiger partial charge in [-0.2, -0.15) is 0 Å². The molecule has 0 N–H and O–H groups in total. The first-order valence-corrected chi connectivity index (χ1v) is 9.34. The minimum Gasteiger partial charge on any atom is -0.366 e. The molecule has 106 valence electrons. The lowest BCUT2D eigenvalue weighted by Crippen LogP contribution is -1.92. The minimum absolute atomic E-state index is 0.661. The van der Waals surface area contributed by atoms with E-state index in [4.69, 9.17) is 9.47 Å². The van der Waals surface area contributed by atoms with Crippen LogP contribution in [0.2, 0.25) is 0 Å². The average molecular weight is 494 g/mol. The van der Waals surface area contributed by atoms with Gasteiger partial charge in [0.2, 0.25) is 0 Å². The molecule has 2 nitrogen and oxygen atoms in total. The van der Waals surface area contributed by atoms with Crippen molar-refractivity contribution in [3.05, 3.63) is 59.7 Å². The van der Waals surface area contributed by atoms with Crippen LogP contribution < -0.4 is 0 Å². The van der Waals surface area contributed by atoms with Crippen LogP contribution in [-0.4, -0.2) is 9.23 Å². The lowest BCUT2D eigenvalue weighted by Gasteiger charge is -2.08. The lowest BCUT2D eigenvalue weighted by molar-refractivity contribution is 0.177. The Labute approximate surface area is 147 Å². The summed E-state index contributed by atoms with van der Waals surface area (Å²) in [5.74, 6) is 0. The quantitative estimate of drug-likeness (QED) is 0.391. The standard InChI is InChI=1S/C16H16I2O2/c17-11-19-9-13-3-1-5-15(7-13)16-6-2-4-14(8-16)10-20-12-18/h1-8H,9-12H2. The van der Waals surface area contributed by atoms with Gasteiger partial charge in [0, 0.05) is 0 Å². The highest BCUT2D eigenvalue weighted by Crippen LogP contribution is 2.22. The fourth-order valence-corrected chi connectivity index (χ4v) is 2.43. The van der Waals surface area contributed by atoms with E-state index in [1.54, 1.807) is 0 Å². The Kier molecular flexibility index (Phi) is 7.26. The first kappa shape index (κ1) is 16.2. The van der Waals surface area contributed by atoms with Crippen LogP contribution in [-0.2, 0) is 22.7 Å². The third-order valence-electron chi connectivity index (χ3n) is 2.88. The highest BCUT2D eigenvalue weighted by molar-refractivity contribution is 14.1. The second-order valence-corrected chi connectivity index (χ2v) is 5.56.